The van der Waals surface area contributed by atoms with Gasteiger partial charge in [-0.15, -0.1) is 0 Å². The van der Waals surface area contributed by atoms with Crippen LogP contribution in [0, 0.1) is 5.41 Å². The van der Waals surface area contributed by atoms with Gasteiger partial charge in [0.15, 0.2) is 6.61 Å². The summed E-state index contributed by atoms with van der Waals surface area (Å²) in [6.45, 7) is -1.40. The van der Waals surface area contributed by atoms with Crippen LogP contribution in [0.1, 0.15) is 50.0 Å². The number of carbonyl (C=O) groups excluding carboxylic acids is 1. The Bertz CT molecular complexity index is 1020. The molecule has 2 aromatic rings. The summed E-state index contributed by atoms with van der Waals surface area (Å²) in [6, 6.07) is 5.95. The largest absolute Gasteiger partial charge is 0.484 e. The van der Waals surface area contributed by atoms with Crippen molar-refractivity contribution in [3.05, 3.63) is 29.8 Å². The van der Waals surface area contributed by atoms with E-state index in [0.717, 1.165) is 24.8 Å². The first-order valence-electron chi connectivity index (χ1n) is 10.6. The normalized spacial score (nSPS) is 18.0. The number of rotatable bonds is 7. The predicted molar refractivity (Wildman–Crippen MR) is 108 cm³/mol. The van der Waals surface area contributed by atoms with Crippen molar-refractivity contribution in [1.82, 2.24) is 9.78 Å². The topological polar surface area (TPSA) is 56.1 Å². The Labute approximate surface area is 186 Å². The minimum atomic E-state index is -4.45. The summed E-state index contributed by atoms with van der Waals surface area (Å²) in [6.07, 6.45) is -6.94. The molecular weight excluding hydrogens is 452 g/mol. The second-order valence-electron chi connectivity index (χ2n) is 8.79. The second-order valence-corrected chi connectivity index (χ2v) is 8.79. The van der Waals surface area contributed by atoms with Crippen LogP contribution < -0.4 is 10.1 Å². The number of alkyl halides is 6. The van der Waals surface area contributed by atoms with E-state index in [4.69, 9.17) is 4.74 Å². The molecule has 0 saturated heterocycles. The minimum absolute atomic E-state index is 0.0487. The summed E-state index contributed by atoms with van der Waals surface area (Å²) in [4.78, 5) is 12.5. The van der Waals surface area contributed by atoms with E-state index in [-0.39, 0.29) is 24.5 Å². The fourth-order valence-corrected chi connectivity index (χ4v) is 4.05. The molecular formula is C22H23F6N3O2. The van der Waals surface area contributed by atoms with Crippen molar-refractivity contribution in [2.24, 2.45) is 12.5 Å². The van der Waals surface area contributed by atoms with Gasteiger partial charge in [-0.3, -0.25) is 9.48 Å². The Kier molecular flexibility index (Phi) is 5.86. The molecule has 5 nitrogen and oxygen atoms in total. The summed E-state index contributed by atoms with van der Waals surface area (Å²) in [5.41, 5.74) is -0.0578. The molecule has 33 heavy (non-hydrogen) atoms. The highest BCUT2D eigenvalue weighted by Gasteiger charge is 2.63. The standard InChI is InChI=1S/C22H23F6N3O2/c1-31-19(29-16(32)11-20(9-10-20)22(26,27)28)17(13-3-2-4-13)18(30-31)14-5-7-15(8-6-14)33-12-21(23,24)25/h5-8,13H,2-4,9-12H2,1H3,(H,29,32). The number of aryl methyl sites for hydroxylation is 1. The van der Waals surface area contributed by atoms with E-state index < -0.39 is 36.7 Å². The van der Waals surface area contributed by atoms with Crippen molar-refractivity contribution in [2.45, 2.75) is 56.8 Å². The molecule has 1 aromatic carbocycles. The third-order valence-corrected chi connectivity index (χ3v) is 6.34. The van der Waals surface area contributed by atoms with Gasteiger partial charge in [0.2, 0.25) is 5.91 Å². The fourth-order valence-electron chi connectivity index (χ4n) is 4.05. The molecule has 0 unspecified atom stereocenters. The number of amides is 1. The average molecular weight is 475 g/mol. The maximum Gasteiger partial charge on any atom is 0.422 e. The third-order valence-electron chi connectivity index (χ3n) is 6.34. The molecule has 1 amide bonds. The summed E-state index contributed by atoms with van der Waals surface area (Å²) < 4.78 is 83.0. The van der Waals surface area contributed by atoms with Gasteiger partial charge in [-0.1, -0.05) is 6.42 Å². The van der Waals surface area contributed by atoms with Crippen LogP contribution in [0.25, 0.3) is 11.3 Å². The first-order valence-corrected chi connectivity index (χ1v) is 10.6. The molecule has 2 aliphatic carbocycles. The van der Waals surface area contributed by atoms with Gasteiger partial charge in [0.05, 0.1) is 11.1 Å². The maximum absolute atomic E-state index is 13.3. The number of nitrogens with one attached hydrogen (secondary N) is 1. The fraction of sp³-hybridized carbons (Fsp3) is 0.545. The van der Waals surface area contributed by atoms with E-state index >= 15 is 0 Å². The van der Waals surface area contributed by atoms with E-state index in [9.17, 15) is 31.1 Å². The molecule has 180 valence electrons. The van der Waals surface area contributed by atoms with Crippen molar-refractivity contribution in [3.8, 4) is 17.0 Å². The summed E-state index contributed by atoms with van der Waals surface area (Å²) in [5, 5.41) is 7.12. The van der Waals surface area contributed by atoms with E-state index in [1.807, 2.05) is 0 Å². The monoisotopic (exact) mass is 475 g/mol. The molecule has 11 heteroatoms. The minimum Gasteiger partial charge on any atom is -0.484 e. The molecule has 1 heterocycles. The first kappa shape index (κ1) is 23.4. The average Bonchev–Trinajstić information content (AvgIpc) is 3.40. The number of halogens is 6. The van der Waals surface area contributed by atoms with Crippen molar-refractivity contribution >= 4 is 11.7 Å². The molecule has 1 N–H and O–H groups in total. The van der Waals surface area contributed by atoms with Crippen molar-refractivity contribution in [3.63, 3.8) is 0 Å². The molecule has 1 aromatic heterocycles. The number of carbonyl (C=O) groups is 1. The molecule has 0 bridgehead atoms. The van der Waals surface area contributed by atoms with E-state index in [1.165, 1.54) is 16.8 Å². The number of benzene rings is 1. The lowest BCUT2D eigenvalue weighted by molar-refractivity contribution is -0.189. The number of hydrogen-bond acceptors (Lipinski definition) is 3. The number of aromatic nitrogens is 2. The molecule has 4 rings (SSSR count). The number of ether oxygens (including phenoxy) is 1. The van der Waals surface area contributed by atoms with Crippen molar-refractivity contribution in [1.29, 1.82) is 0 Å². The van der Waals surface area contributed by atoms with E-state index in [2.05, 4.69) is 10.4 Å². The lowest BCUT2D eigenvalue weighted by atomic mass is 9.79. The van der Waals surface area contributed by atoms with Gasteiger partial charge >= 0.3 is 12.4 Å². The Balaban J connectivity index is 1.56. The van der Waals surface area contributed by atoms with Crippen LogP contribution in [0.3, 0.4) is 0 Å². The first-order chi connectivity index (χ1) is 15.4. The molecule has 2 fully saturated rings. The van der Waals surface area contributed by atoms with Gasteiger partial charge in [0.1, 0.15) is 11.6 Å². The lowest BCUT2D eigenvalue weighted by Gasteiger charge is -2.27. The van der Waals surface area contributed by atoms with Gasteiger partial charge in [-0.05, 0) is 55.9 Å². The van der Waals surface area contributed by atoms with Crippen LogP contribution in [0.4, 0.5) is 32.2 Å². The van der Waals surface area contributed by atoms with Gasteiger partial charge in [-0.25, -0.2) is 0 Å². The second kappa shape index (κ2) is 8.25. The van der Waals surface area contributed by atoms with Crippen molar-refractivity contribution < 1.29 is 35.9 Å². The summed E-state index contributed by atoms with van der Waals surface area (Å²) in [5.74, 6) is -0.221. The van der Waals surface area contributed by atoms with Crippen LogP contribution >= 0.6 is 0 Å². The maximum atomic E-state index is 13.3. The Morgan fingerprint density at radius 1 is 1.15 bits per heavy atom. The van der Waals surface area contributed by atoms with Gasteiger partial charge in [0, 0.05) is 24.6 Å². The van der Waals surface area contributed by atoms with Gasteiger partial charge in [-0.2, -0.15) is 31.4 Å². The lowest BCUT2D eigenvalue weighted by Crippen LogP contribution is -2.30. The van der Waals surface area contributed by atoms with Crippen LogP contribution in [0.15, 0.2) is 24.3 Å². The van der Waals surface area contributed by atoms with Crippen molar-refractivity contribution in [2.75, 3.05) is 11.9 Å². The number of hydrogen-bond donors (Lipinski definition) is 1. The van der Waals surface area contributed by atoms with Gasteiger partial charge < -0.3 is 10.1 Å². The molecule has 2 saturated carbocycles. The zero-order valence-corrected chi connectivity index (χ0v) is 17.8. The van der Waals surface area contributed by atoms with Crippen LogP contribution in [-0.2, 0) is 11.8 Å². The Hall–Kier alpha value is -2.72. The van der Waals surface area contributed by atoms with Gasteiger partial charge in [0.25, 0.3) is 0 Å². The van der Waals surface area contributed by atoms with Crippen LogP contribution in [0.5, 0.6) is 5.75 Å². The molecule has 2 aliphatic rings. The van der Waals surface area contributed by atoms with Crippen LogP contribution in [-0.4, -0.2) is 34.6 Å². The zero-order chi connectivity index (χ0) is 24.0. The highest BCUT2D eigenvalue weighted by atomic mass is 19.4. The zero-order valence-electron chi connectivity index (χ0n) is 17.8. The summed E-state index contributed by atoms with van der Waals surface area (Å²) in [7, 11) is 1.60. The highest BCUT2D eigenvalue weighted by Crippen LogP contribution is 2.60. The van der Waals surface area contributed by atoms with E-state index in [0.29, 0.717) is 17.1 Å². The molecule has 0 spiro atoms. The molecule has 0 radical (unpaired) electrons. The van der Waals surface area contributed by atoms with E-state index in [1.54, 1.807) is 19.2 Å². The molecule has 0 aliphatic heterocycles. The molecule has 0 atom stereocenters. The quantitative estimate of drug-likeness (QED) is 0.503. The highest BCUT2D eigenvalue weighted by molar-refractivity contribution is 5.92. The Morgan fingerprint density at radius 3 is 2.27 bits per heavy atom. The summed E-state index contributed by atoms with van der Waals surface area (Å²) >= 11 is 0. The predicted octanol–water partition coefficient (Wildman–Crippen LogP) is 5.97. The Morgan fingerprint density at radius 2 is 1.79 bits per heavy atom. The number of anilines is 1. The van der Waals surface area contributed by atoms with Crippen LogP contribution in [0.2, 0.25) is 0 Å². The third kappa shape index (κ3) is 4.96. The SMILES string of the molecule is Cn1nc(-c2ccc(OCC(F)(F)F)cc2)c(C2CCC2)c1NC(=O)CC1(C(F)(F)F)CC1. The smallest absolute Gasteiger partial charge is 0.422 e. The number of nitrogens with zero attached hydrogens (tertiary/aromatic N) is 2.